The Morgan fingerprint density at radius 3 is 1.97 bits per heavy atom. The Labute approximate surface area is 207 Å². The lowest BCUT2D eigenvalue weighted by Crippen LogP contribution is -2.17. The molecule has 0 aliphatic rings. The zero-order chi connectivity index (χ0) is 26.4. The molecule has 0 aliphatic carbocycles. The number of esters is 1. The lowest BCUT2D eigenvalue weighted by molar-refractivity contribution is -0.274. The molecule has 2 aromatic carbocycles. The number of anilines is 1. The van der Waals surface area contributed by atoms with Crippen molar-refractivity contribution in [3.63, 3.8) is 0 Å². The highest BCUT2D eigenvalue weighted by Crippen LogP contribution is 2.28. The number of aryl methyl sites for hydroxylation is 1. The molecule has 0 unspecified atom stereocenters. The molecule has 8 nitrogen and oxygen atoms in total. The second kappa shape index (κ2) is 11.3. The van der Waals surface area contributed by atoms with Crippen LogP contribution >= 0.6 is 22.0 Å². The van der Waals surface area contributed by atoms with E-state index in [9.17, 15) is 34.8 Å². The molecule has 0 bridgehead atoms. The van der Waals surface area contributed by atoms with Gasteiger partial charge in [0.05, 0.1) is 22.6 Å². The van der Waals surface area contributed by atoms with Gasteiger partial charge in [-0.25, -0.2) is 21.6 Å². The molecule has 0 saturated carbocycles. The fraction of sp³-hybridized carbons (Fsp3) is 0.150. The molecule has 0 radical (unpaired) electrons. The van der Waals surface area contributed by atoms with Crippen LogP contribution in [0.4, 0.5) is 18.9 Å². The van der Waals surface area contributed by atoms with E-state index in [0.717, 1.165) is 48.3 Å². The fourth-order valence-electron chi connectivity index (χ4n) is 2.37. The van der Waals surface area contributed by atoms with Crippen LogP contribution in [-0.4, -0.2) is 36.3 Å². The van der Waals surface area contributed by atoms with Gasteiger partial charge >= 0.3 is 12.3 Å². The highest BCUT2D eigenvalue weighted by atomic mass is 35.7. The number of carbonyl (C=O) groups is 1. The Hall–Kier alpha value is -2.81. The maximum absolute atomic E-state index is 12.2. The number of carbonyl (C=O) groups excluding carboxylic acids is 1. The van der Waals surface area contributed by atoms with E-state index < -0.39 is 37.2 Å². The number of nitrogens with one attached hydrogen (secondary N) is 1. The van der Waals surface area contributed by atoms with Crippen molar-refractivity contribution in [3.8, 4) is 5.75 Å². The molecule has 0 fully saturated rings. The average Bonchev–Trinajstić information content (AvgIpc) is 3.20. The largest absolute Gasteiger partial charge is 0.573 e. The van der Waals surface area contributed by atoms with Crippen LogP contribution in [0.3, 0.4) is 0 Å². The minimum absolute atomic E-state index is 0.0162. The van der Waals surface area contributed by atoms with E-state index in [0.29, 0.717) is 0 Å². The standard InChI is InChI=1S/C13H10F3NO5S2.C7H7ClO2S/c1-21-12(18)11-10(6-7-23-11)17-24(19,20)9-4-2-8(3-5-9)22-13(14,15)16;1-6-2-4-7(5-3-6)11(8,9)10/h2-7,17H,1H3;2-5H,1H3. The molecule has 3 rings (SSSR count). The van der Waals surface area contributed by atoms with Gasteiger partial charge in [0.2, 0.25) is 0 Å². The molecular weight excluding hydrogens is 555 g/mol. The van der Waals surface area contributed by atoms with E-state index in [-0.39, 0.29) is 20.4 Å². The Balaban J connectivity index is 0.000000328. The highest BCUT2D eigenvalue weighted by Gasteiger charge is 2.31. The van der Waals surface area contributed by atoms with Gasteiger partial charge in [-0.15, -0.1) is 24.5 Å². The zero-order valence-electron chi connectivity index (χ0n) is 17.9. The van der Waals surface area contributed by atoms with Gasteiger partial charge in [-0.1, -0.05) is 17.7 Å². The summed E-state index contributed by atoms with van der Waals surface area (Å²) in [5, 5.41) is 1.49. The van der Waals surface area contributed by atoms with E-state index in [1.807, 2.05) is 6.92 Å². The topological polar surface area (TPSA) is 116 Å². The van der Waals surface area contributed by atoms with Crippen LogP contribution in [0.15, 0.2) is 69.8 Å². The van der Waals surface area contributed by atoms with Crippen molar-refractivity contribution in [2.75, 3.05) is 11.8 Å². The molecule has 15 heteroatoms. The van der Waals surface area contributed by atoms with Gasteiger partial charge in [0.25, 0.3) is 19.1 Å². The van der Waals surface area contributed by atoms with Crippen molar-refractivity contribution in [3.05, 3.63) is 70.4 Å². The van der Waals surface area contributed by atoms with Gasteiger partial charge in [0.1, 0.15) is 10.6 Å². The Morgan fingerprint density at radius 2 is 1.49 bits per heavy atom. The van der Waals surface area contributed by atoms with Gasteiger partial charge in [0.15, 0.2) is 0 Å². The van der Waals surface area contributed by atoms with Crippen LogP contribution in [0.2, 0.25) is 0 Å². The number of sulfonamides is 1. The lowest BCUT2D eigenvalue weighted by atomic mass is 10.2. The first-order chi connectivity index (χ1) is 16.1. The molecule has 0 spiro atoms. The van der Waals surface area contributed by atoms with Crippen LogP contribution in [0.5, 0.6) is 5.75 Å². The molecule has 1 heterocycles. The minimum atomic E-state index is -4.87. The molecule has 1 aromatic heterocycles. The highest BCUT2D eigenvalue weighted by molar-refractivity contribution is 8.13. The number of benzene rings is 2. The van der Waals surface area contributed by atoms with E-state index >= 15 is 0 Å². The molecule has 1 N–H and O–H groups in total. The summed E-state index contributed by atoms with van der Waals surface area (Å²) in [5.74, 6) is -1.26. The van der Waals surface area contributed by atoms with Crippen LogP contribution in [0.25, 0.3) is 0 Å². The van der Waals surface area contributed by atoms with Gasteiger partial charge in [0, 0.05) is 10.7 Å². The van der Waals surface area contributed by atoms with Crippen molar-refractivity contribution < 1.29 is 44.3 Å². The number of alkyl halides is 3. The maximum Gasteiger partial charge on any atom is 0.573 e. The molecule has 35 heavy (non-hydrogen) atoms. The number of halogens is 4. The molecule has 0 saturated heterocycles. The van der Waals surface area contributed by atoms with Crippen molar-refractivity contribution in [1.29, 1.82) is 0 Å². The molecule has 190 valence electrons. The van der Waals surface area contributed by atoms with Gasteiger partial charge < -0.3 is 9.47 Å². The number of hydrogen-bond acceptors (Lipinski definition) is 8. The summed E-state index contributed by atoms with van der Waals surface area (Å²) in [6, 6.07) is 11.4. The van der Waals surface area contributed by atoms with Crippen molar-refractivity contribution in [1.82, 2.24) is 0 Å². The van der Waals surface area contributed by atoms with Crippen molar-refractivity contribution >= 4 is 52.7 Å². The molecule has 0 amide bonds. The summed E-state index contributed by atoms with van der Waals surface area (Å²) in [6.45, 7) is 1.88. The Morgan fingerprint density at radius 1 is 0.943 bits per heavy atom. The van der Waals surface area contributed by atoms with E-state index in [1.54, 1.807) is 12.1 Å². The summed E-state index contributed by atoms with van der Waals surface area (Å²) in [7, 11) is -1.41. The van der Waals surface area contributed by atoms with Gasteiger partial charge in [-0.2, -0.15) is 0 Å². The lowest BCUT2D eigenvalue weighted by Gasteiger charge is -2.10. The molecule has 0 atom stereocenters. The summed E-state index contributed by atoms with van der Waals surface area (Å²) in [5.41, 5.74) is 1.02. The third-order valence-electron chi connectivity index (χ3n) is 3.95. The van der Waals surface area contributed by atoms with E-state index in [2.05, 4.69) is 14.2 Å². The number of methoxy groups -OCH3 is 1. The number of ether oxygens (including phenoxy) is 2. The first-order valence-electron chi connectivity index (χ1n) is 9.18. The Kier molecular flexibility index (Phi) is 9.17. The first kappa shape index (κ1) is 28.4. The predicted octanol–water partition coefficient (Wildman–Crippen LogP) is 5.16. The van der Waals surface area contributed by atoms with Crippen LogP contribution < -0.4 is 9.46 Å². The number of rotatable bonds is 6. The normalized spacial score (nSPS) is 11.7. The van der Waals surface area contributed by atoms with Crippen molar-refractivity contribution in [2.45, 2.75) is 23.1 Å². The fourth-order valence-corrected chi connectivity index (χ4v) is 5.04. The van der Waals surface area contributed by atoms with Crippen LogP contribution in [-0.2, 0) is 23.8 Å². The molecule has 0 aliphatic heterocycles. The van der Waals surface area contributed by atoms with Gasteiger partial charge in [-0.05, 0) is 54.8 Å². The summed E-state index contributed by atoms with van der Waals surface area (Å²) < 4.78 is 92.5. The van der Waals surface area contributed by atoms with Crippen molar-refractivity contribution in [2.24, 2.45) is 0 Å². The monoisotopic (exact) mass is 571 g/mol. The summed E-state index contributed by atoms with van der Waals surface area (Å²) in [6.07, 6.45) is -4.87. The quantitative estimate of drug-likeness (QED) is 0.321. The Bertz CT molecular complexity index is 1370. The second-order valence-corrected chi connectivity index (χ2v) is 11.7. The third-order valence-corrected chi connectivity index (χ3v) is 7.60. The smallest absolute Gasteiger partial charge is 0.465 e. The predicted molar refractivity (Wildman–Crippen MR) is 124 cm³/mol. The number of thiophene rings is 1. The molecular formula is C20H17ClF3NO7S3. The van der Waals surface area contributed by atoms with E-state index in [4.69, 9.17) is 10.7 Å². The number of hydrogen-bond donors (Lipinski definition) is 1. The maximum atomic E-state index is 12.2. The average molecular weight is 572 g/mol. The van der Waals surface area contributed by atoms with Crippen LogP contribution in [0.1, 0.15) is 15.2 Å². The summed E-state index contributed by atoms with van der Waals surface area (Å²) in [4.78, 5) is 11.4. The first-order valence-corrected chi connectivity index (χ1v) is 13.9. The van der Waals surface area contributed by atoms with Crippen LogP contribution in [0, 0.1) is 6.92 Å². The third kappa shape index (κ3) is 8.72. The minimum Gasteiger partial charge on any atom is -0.465 e. The molecule has 3 aromatic rings. The zero-order valence-corrected chi connectivity index (χ0v) is 21.1. The van der Waals surface area contributed by atoms with Gasteiger partial charge in [-0.3, -0.25) is 4.72 Å². The van der Waals surface area contributed by atoms with E-state index in [1.165, 1.54) is 23.6 Å². The second-order valence-electron chi connectivity index (χ2n) is 6.53. The SMILES string of the molecule is COC(=O)c1sccc1NS(=O)(=O)c1ccc(OC(F)(F)F)cc1.Cc1ccc(S(=O)(=O)Cl)cc1. The summed E-state index contributed by atoms with van der Waals surface area (Å²) >= 11 is 0.980.